The van der Waals surface area contributed by atoms with Crippen molar-refractivity contribution < 1.29 is 19.3 Å². The predicted octanol–water partition coefficient (Wildman–Crippen LogP) is 3.19. The van der Waals surface area contributed by atoms with Gasteiger partial charge in [-0.15, -0.1) is 0 Å². The number of aliphatic hydroxyl groups excluding tert-OH is 1. The largest absolute Gasteiger partial charge is 0.489 e. The Kier molecular flexibility index (Phi) is 7.52. The lowest BCUT2D eigenvalue weighted by molar-refractivity contribution is -0.0101. The molecule has 10 nitrogen and oxygen atoms in total. The second-order valence-corrected chi connectivity index (χ2v) is 12.0. The smallest absolute Gasteiger partial charge is 0.188 e. The van der Waals surface area contributed by atoms with Gasteiger partial charge in [0.25, 0.3) is 0 Å². The third-order valence-electron chi connectivity index (χ3n) is 9.31. The minimum Gasteiger partial charge on any atom is -0.489 e. The molecule has 0 aromatic carbocycles. The summed E-state index contributed by atoms with van der Waals surface area (Å²) in [7, 11) is 3.80. The molecule has 8 rings (SSSR count). The molecule has 42 heavy (non-hydrogen) atoms. The van der Waals surface area contributed by atoms with Crippen LogP contribution < -0.4 is 9.64 Å². The molecule has 5 aliphatic heterocycles. The van der Waals surface area contributed by atoms with E-state index in [1.54, 1.807) is 13.3 Å². The van der Waals surface area contributed by atoms with Crippen LogP contribution in [0.4, 0.5) is 5.82 Å². The molecule has 8 heterocycles. The van der Waals surface area contributed by atoms with Gasteiger partial charge in [-0.3, -0.25) is 4.90 Å². The molecular formula is C32H40N6O4. The van der Waals surface area contributed by atoms with Crippen LogP contribution in [0.15, 0.2) is 66.5 Å². The first-order valence-electron chi connectivity index (χ1n) is 15.0. The molecule has 3 atom stereocenters. The number of ether oxygens (including phenoxy) is 3. The van der Waals surface area contributed by atoms with Crippen molar-refractivity contribution in [2.45, 2.75) is 37.5 Å². The highest BCUT2D eigenvalue weighted by Gasteiger charge is 2.45. The van der Waals surface area contributed by atoms with Gasteiger partial charge in [0, 0.05) is 75.8 Å². The van der Waals surface area contributed by atoms with Gasteiger partial charge in [0.2, 0.25) is 0 Å². The van der Waals surface area contributed by atoms with Crippen LogP contribution in [0.5, 0.6) is 5.75 Å². The Morgan fingerprint density at radius 3 is 2.69 bits per heavy atom. The van der Waals surface area contributed by atoms with Crippen LogP contribution in [0.3, 0.4) is 0 Å². The van der Waals surface area contributed by atoms with Gasteiger partial charge in [-0.2, -0.15) is 5.10 Å². The number of piperidine rings is 1. The van der Waals surface area contributed by atoms with E-state index in [1.165, 1.54) is 12.0 Å². The topological polar surface area (TPSA) is 87.8 Å². The zero-order chi connectivity index (χ0) is 28.6. The highest BCUT2D eigenvalue weighted by molar-refractivity contribution is 5.81. The number of allylic oxidation sites excluding steroid dienone is 2. The van der Waals surface area contributed by atoms with E-state index >= 15 is 0 Å². The summed E-state index contributed by atoms with van der Waals surface area (Å²) in [6.45, 7) is 5.58. The molecule has 3 aromatic heterocycles. The summed E-state index contributed by atoms with van der Waals surface area (Å²) in [6.07, 6.45) is 12.4. The molecule has 5 aliphatic rings. The fraction of sp³-hybridized carbons (Fsp3) is 0.500. The zero-order valence-electron chi connectivity index (χ0n) is 24.4. The van der Waals surface area contributed by atoms with Crippen LogP contribution >= 0.6 is 0 Å². The van der Waals surface area contributed by atoms with Crippen molar-refractivity contribution in [2.24, 2.45) is 5.92 Å². The van der Waals surface area contributed by atoms with E-state index in [2.05, 4.69) is 51.1 Å². The quantitative estimate of drug-likeness (QED) is 0.415. The van der Waals surface area contributed by atoms with Crippen LogP contribution in [-0.4, -0.2) is 108 Å². The Balaban J connectivity index is 1.01. The lowest BCUT2D eigenvalue weighted by Crippen LogP contribution is -2.69. The number of methoxy groups -OCH3 is 1. The summed E-state index contributed by atoms with van der Waals surface area (Å²) in [5.41, 5.74) is 4.44. The average Bonchev–Trinajstić information content (AvgIpc) is 3.51. The number of aliphatic hydroxyl groups is 1. The molecule has 4 fully saturated rings. The predicted molar refractivity (Wildman–Crippen MR) is 160 cm³/mol. The Morgan fingerprint density at radius 1 is 1.12 bits per heavy atom. The summed E-state index contributed by atoms with van der Waals surface area (Å²) in [6, 6.07) is 9.42. The van der Waals surface area contributed by atoms with Crippen molar-refractivity contribution >= 4 is 11.3 Å². The molecule has 3 aromatic rings. The number of hydrogen-bond donors (Lipinski definition) is 1. The van der Waals surface area contributed by atoms with E-state index in [1.807, 2.05) is 29.0 Å². The SMILES string of the molecule is COC1=CC=C(CN2C3CC2CN(c2ccc(-c4cc(OCC(O)C5CCOCC5)cn5nccc45)cn2)C3)CN1C. The first-order chi connectivity index (χ1) is 20.6. The third kappa shape index (κ3) is 5.34. The molecule has 0 spiro atoms. The minimum atomic E-state index is -0.514. The molecule has 0 saturated carbocycles. The van der Waals surface area contributed by atoms with Crippen molar-refractivity contribution in [3.63, 3.8) is 0 Å². The first kappa shape index (κ1) is 27.2. The summed E-state index contributed by atoms with van der Waals surface area (Å²) in [5.74, 6) is 2.83. The van der Waals surface area contributed by atoms with Gasteiger partial charge in [0.15, 0.2) is 5.88 Å². The molecule has 222 valence electrons. The Labute approximate surface area is 246 Å². The monoisotopic (exact) mass is 572 g/mol. The van der Waals surface area contributed by atoms with Crippen molar-refractivity contribution in [1.29, 1.82) is 0 Å². The maximum atomic E-state index is 10.7. The molecular weight excluding hydrogens is 532 g/mol. The van der Waals surface area contributed by atoms with Gasteiger partial charge in [-0.1, -0.05) is 6.08 Å². The van der Waals surface area contributed by atoms with Crippen molar-refractivity contribution in [1.82, 2.24) is 24.4 Å². The molecule has 3 unspecified atom stereocenters. The summed E-state index contributed by atoms with van der Waals surface area (Å²) in [4.78, 5) is 12.1. The number of nitrogens with zero attached hydrogens (tertiary/aromatic N) is 6. The number of piperazine rings is 1. The molecule has 0 aliphatic carbocycles. The zero-order valence-corrected chi connectivity index (χ0v) is 24.4. The van der Waals surface area contributed by atoms with E-state index in [0.29, 0.717) is 31.0 Å². The Bertz CT molecular complexity index is 1450. The number of anilines is 1. The molecule has 2 bridgehead atoms. The van der Waals surface area contributed by atoms with Gasteiger partial charge >= 0.3 is 0 Å². The Morgan fingerprint density at radius 2 is 1.95 bits per heavy atom. The van der Waals surface area contributed by atoms with Crippen molar-refractivity contribution in [3.05, 3.63) is 66.5 Å². The van der Waals surface area contributed by atoms with Crippen LogP contribution in [-0.2, 0) is 9.47 Å². The molecule has 4 saturated heterocycles. The van der Waals surface area contributed by atoms with Crippen molar-refractivity contribution in [3.8, 4) is 16.9 Å². The third-order valence-corrected chi connectivity index (χ3v) is 9.31. The van der Waals surface area contributed by atoms with Crippen LogP contribution in [0, 0.1) is 5.92 Å². The lowest BCUT2D eigenvalue weighted by Gasteiger charge is -2.57. The van der Waals surface area contributed by atoms with E-state index in [0.717, 1.165) is 67.4 Å². The Hall–Kier alpha value is -3.60. The van der Waals surface area contributed by atoms with E-state index in [9.17, 15) is 5.11 Å². The van der Waals surface area contributed by atoms with E-state index in [4.69, 9.17) is 19.2 Å². The number of rotatable bonds is 9. The van der Waals surface area contributed by atoms with Gasteiger partial charge in [-0.25, -0.2) is 9.50 Å². The summed E-state index contributed by atoms with van der Waals surface area (Å²) >= 11 is 0. The maximum Gasteiger partial charge on any atom is 0.188 e. The minimum absolute atomic E-state index is 0.212. The summed E-state index contributed by atoms with van der Waals surface area (Å²) < 4.78 is 18.8. The van der Waals surface area contributed by atoms with Gasteiger partial charge in [0.1, 0.15) is 18.2 Å². The number of fused-ring (bicyclic) bond motifs is 3. The first-order valence-corrected chi connectivity index (χ1v) is 15.0. The summed E-state index contributed by atoms with van der Waals surface area (Å²) in [5, 5.41) is 15.1. The molecule has 1 N–H and O–H groups in total. The highest BCUT2D eigenvalue weighted by Crippen LogP contribution is 2.36. The normalized spacial score (nSPS) is 23.8. The van der Waals surface area contributed by atoms with Gasteiger partial charge < -0.3 is 29.1 Å². The maximum absolute atomic E-state index is 10.7. The fourth-order valence-electron chi connectivity index (χ4n) is 6.91. The number of aromatic nitrogens is 3. The van der Waals surface area contributed by atoms with Crippen LogP contribution in [0.25, 0.3) is 16.6 Å². The van der Waals surface area contributed by atoms with Gasteiger partial charge in [0.05, 0.1) is 31.1 Å². The van der Waals surface area contributed by atoms with Crippen LogP contribution in [0.2, 0.25) is 0 Å². The molecule has 10 heteroatoms. The highest BCUT2D eigenvalue weighted by atomic mass is 16.5. The van der Waals surface area contributed by atoms with E-state index < -0.39 is 6.10 Å². The van der Waals surface area contributed by atoms with Gasteiger partial charge in [-0.05, 0) is 61.1 Å². The standard InChI is InChI=1S/C32H40N6O4/c1-35-16-22(3-6-32(35)40-2)17-37-25-13-26(37)19-36(18-25)31-5-4-24(15-33-31)28-14-27(20-38-29(28)7-10-34-38)42-21-30(39)23-8-11-41-12-9-23/h3-7,10,14-15,20,23,25-26,30,39H,8-9,11-13,16-19,21H2,1-2H3. The van der Waals surface area contributed by atoms with E-state index in [-0.39, 0.29) is 12.5 Å². The second kappa shape index (κ2) is 11.6. The number of pyridine rings is 2. The van der Waals surface area contributed by atoms with Crippen molar-refractivity contribution in [2.75, 3.05) is 65.1 Å². The second-order valence-electron chi connectivity index (χ2n) is 12.0. The number of hydrogen-bond acceptors (Lipinski definition) is 9. The number of likely N-dealkylation sites (N-methyl/N-ethyl adjacent to an activating group) is 1. The molecule has 0 amide bonds. The average molecular weight is 573 g/mol. The lowest BCUT2D eigenvalue weighted by atomic mass is 9.86. The van der Waals surface area contributed by atoms with Crippen LogP contribution in [0.1, 0.15) is 19.3 Å². The fourth-order valence-corrected chi connectivity index (χ4v) is 6.91. The molecule has 0 radical (unpaired) electrons.